The number of nitriles is 1. The van der Waals surface area contributed by atoms with Gasteiger partial charge >= 0.3 is 0 Å². The summed E-state index contributed by atoms with van der Waals surface area (Å²) in [5.74, 6) is 0.196. The number of nitrogens with zero attached hydrogens (tertiary/aromatic N) is 1. The summed E-state index contributed by atoms with van der Waals surface area (Å²) in [7, 11) is 0. The summed E-state index contributed by atoms with van der Waals surface area (Å²) in [6.07, 6.45) is 5.91. The Morgan fingerprint density at radius 1 is 1.24 bits per heavy atom. The average Bonchev–Trinajstić information content (AvgIpc) is 2.54. The zero-order chi connectivity index (χ0) is 12.1. The molecule has 1 aromatic carbocycles. The molecule has 0 amide bonds. The molecule has 1 saturated carbocycles. The summed E-state index contributed by atoms with van der Waals surface area (Å²) in [4.78, 5) is 1.18. The third-order valence-electron chi connectivity index (χ3n) is 3.20. The molecule has 0 radical (unpaired) electrons. The number of rotatable bonds is 2. The fourth-order valence-electron chi connectivity index (χ4n) is 2.28. The summed E-state index contributed by atoms with van der Waals surface area (Å²) in [6.45, 7) is 0. The van der Waals surface area contributed by atoms with Crippen molar-refractivity contribution >= 4 is 23.4 Å². The van der Waals surface area contributed by atoms with E-state index in [1.54, 1.807) is 0 Å². The fourth-order valence-corrected chi connectivity index (χ4v) is 3.88. The Kier molecular flexibility index (Phi) is 4.76. The monoisotopic (exact) mass is 265 g/mol. The first-order valence-electron chi connectivity index (χ1n) is 6.11. The van der Waals surface area contributed by atoms with Crippen LogP contribution >= 0.6 is 23.4 Å². The predicted octanol–water partition coefficient (Wildman–Crippen LogP) is 4.90. The highest BCUT2D eigenvalue weighted by atomic mass is 35.5. The number of hydrogen-bond acceptors (Lipinski definition) is 2. The minimum atomic E-state index is 0.196. The number of halogens is 1. The second-order valence-electron chi connectivity index (χ2n) is 4.49. The summed E-state index contributed by atoms with van der Waals surface area (Å²) < 4.78 is 0. The van der Waals surface area contributed by atoms with Gasteiger partial charge in [-0.25, -0.2) is 0 Å². The largest absolute Gasteiger partial charge is 0.198 e. The van der Waals surface area contributed by atoms with Gasteiger partial charge in [-0.1, -0.05) is 36.9 Å². The first-order chi connectivity index (χ1) is 8.29. The Morgan fingerprint density at radius 2 is 2.06 bits per heavy atom. The lowest BCUT2D eigenvalue weighted by atomic mass is 10.0. The maximum absolute atomic E-state index is 9.23. The zero-order valence-corrected chi connectivity index (χ0v) is 11.3. The Balaban J connectivity index is 2.07. The lowest BCUT2D eigenvalue weighted by Crippen LogP contribution is -2.13. The number of hydrogen-bond donors (Lipinski definition) is 0. The van der Waals surface area contributed by atoms with Crippen molar-refractivity contribution in [2.45, 2.75) is 42.2 Å². The molecule has 1 aliphatic rings. The third-order valence-corrected chi connectivity index (χ3v) is 4.83. The van der Waals surface area contributed by atoms with Crippen LogP contribution in [0.2, 0.25) is 5.02 Å². The van der Waals surface area contributed by atoms with E-state index < -0.39 is 0 Å². The lowest BCUT2D eigenvalue weighted by molar-refractivity contribution is 0.585. The molecule has 0 spiro atoms. The van der Waals surface area contributed by atoms with Crippen LogP contribution in [0.25, 0.3) is 0 Å². The zero-order valence-electron chi connectivity index (χ0n) is 9.73. The Morgan fingerprint density at radius 3 is 2.82 bits per heavy atom. The lowest BCUT2D eigenvalue weighted by Gasteiger charge is -2.18. The van der Waals surface area contributed by atoms with E-state index in [-0.39, 0.29) is 5.92 Å². The van der Waals surface area contributed by atoms with Gasteiger partial charge in [0, 0.05) is 15.2 Å². The van der Waals surface area contributed by atoms with Gasteiger partial charge < -0.3 is 0 Å². The Hall–Kier alpha value is -0.650. The first kappa shape index (κ1) is 12.8. The van der Waals surface area contributed by atoms with E-state index in [2.05, 4.69) is 12.1 Å². The van der Waals surface area contributed by atoms with Gasteiger partial charge in [-0.05, 0) is 31.0 Å². The van der Waals surface area contributed by atoms with Gasteiger partial charge in [-0.15, -0.1) is 11.8 Å². The van der Waals surface area contributed by atoms with Gasteiger partial charge in [0.25, 0.3) is 0 Å². The van der Waals surface area contributed by atoms with Gasteiger partial charge in [0.05, 0.1) is 12.0 Å². The molecule has 2 unspecified atom stereocenters. The number of benzene rings is 1. The second-order valence-corrected chi connectivity index (χ2v) is 6.24. The van der Waals surface area contributed by atoms with Crippen molar-refractivity contribution in [3.8, 4) is 6.07 Å². The van der Waals surface area contributed by atoms with Crippen LogP contribution in [0.15, 0.2) is 29.2 Å². The summed E-state index contributed by atoms with van der Waals surface area (Å²) in [5.41, 5.74) is 0. The van der Waals surface area contributed by atoms with Crippen LogP contribution in [-0.4, -0.2) is 5.25 Å². The summed E-state index contributed by atoms with van der Waals surface area (Å²) in [5, 5.41) is 10.4. The summed E-state index contributed by atoms with van der Waals surface area (Å²) >= 11 is 7.80. The smallest absolute Gasteiger partial charge is 0.0667 e. The summed E-state index contributed by atoms with van der Waals surface area (Å²) in [6, 6.07) is 10.4. The first-order valence-corrected chi connectivity index (χ1v) is 7.37. The van der Waals surface area contributed by atoms with E-state index in [0.717, 1.165) is 17.9 Å². The molecule has 0 N–H and O–H groups in total. The van der Waals surface area contributed by atoms with Gasteiger partial charge in [0.15, 0.2) is 0 Å². The molecule has 1 aliphatic carbocycles. The molecule has 1 nitrogen and oxygen atoms in total. The molecule has 1 fully saturated rings. The third kappa shape index (κ3) is 3.66. The average molecular weight is 266 g/mol. The van der Waals surface area contributed by atoms with Crippen LogP contribution in [0.3, 0.4) is 0 Å². The molecule has 0 aromatic heterocycles. The topological polar surface area (TPSA) is 23.8 Å². The Labute approximate surface area is 112 Å². The van der Waals surface area contributed by atoms with Crippen LogP contribution < -0.4 is 0 Å². The molecule has 0 aliphatic heterocycles. The second kappa shape index (κ2) is 6.33. The normalized spacial score (nSPS) is 24.9. The molecule has 1 aromatic rings. The van der Waals surface area contributed by atoms with Gasteiger partial charge in [0.2, 0.25) is 0 Å². The van der Waals surface area contributed by atoms with Gasteiger partial charge in [0.1, 0.15) is 0 Å². The van der Waals surface area contributed by atoms with Crippen molar-refractivity contribution in [3.05, 3.63) is 29.3 Å². The van der Waals surface area contributed by atoms with Gasteiger partial charge in [-0.3, -0.25) is 0 Å². The fraction of sp³-hybridized carbons (Fsp3) is 0.500. The van der Waals surface area contributed by atoms with E-state index in [4.69, 9.17) is 11.6 Å². The number of thioether (sulfide) groups is 1. The molecule has 0 heterocycles. The molecule has 90 valence electrons. The van der Waals surface area contributed by atoms with Crippen molar-refractivity contribution in [1.82, 2.24) is 0 Å². The minimum absolute atomic E-state index is 0.196. The predicted molar refractivity (Wildman–Crippen MR) is 73.3 cm³/mol. The highest BCUT2D eigenvalue weighted by molar-refractivity contribution is 8.00. The standard InChI is InChI=1S/C14H16ClNS/c15-12-6-4-7-13(9-12)17-14-8-3-1-2-5-11(14)10-16/h4,6-7,9,11,14H,1-3,5,8H2. The van der Waals surface area contributed by atoms with Crippen molar-refractivity contribution < 1.29 is 0 Å². The SMILES string of the molecule is N#CC1CCCCCC1Sc1cccc(Cl)c1. The minimum Gasteiger partial charge on any atom is -0.198 e. The van der Waals surface area contributed by atoms with Crippen LogP contribution in [0, 0.1) is 17.2 Å². The molecule has 0 saturated heterocycles. The Bertz CT molecular complexity index is 413. The maximum atomic E-state index is 9.23. The highest BCUT2D eigenvalue weighted by Gasteiger charge is 2.24. The molecular formula is C14H16ClNS. The molecular weight excluding hydrogens is 250 g/mol. The van der Waals surface area contributed by atoms with Gasteiger partial charge in [-0.2, -0.15) is 5.26 Å². The van der Waals surface area contributed by atoms with E-state index >= 15 is 0 Å². The van der Waals surface area contributed by atoms with E-state index in [1.807, 2.05) is 30.0 Å². The van der Waals surface area contributed by atoms with Crippen molar-refractivity contribution in [2.75, 3.05) is 0 Å². The van der Waals surface area contributed by atoms with Crippen molar-refractivity contribution in [1.29, 1.82) is 5.26 Å². The van der Waals surface area contributed by atoms with Crippen molar-refractivity contribution in [3.63, 3.8) is 0 Å². The van der Waals surface area contributed by atoms with E-state index in [9.17, 15) is 5.26 Å². The van der Waals surface area contributed by atoms with Crippen LogP contribution in [0.5, 0.6) is 0 Å². The molecule has 3 heteroatoms. The highest BCUT2D eigenvalue weighted by Crippen LogP contribution is 2.36. The quantitative estimate of drug-likeness (QED) is 0.710. The van der Waals surface area contributed by atoms with Crippen LogP contribution in [0.4, 0.5) is 0 Å². The van der Waals surface area contributed by atoms with E-state index in [1.165, 1.54) is 24.2 Å². The molecule has 2 atom stereocenters. The molecule has 0 bridgehead atoms. The molecule has 2 rings (SSSR count). The molecule has 17 heavy (non-hydrogen) atoms. The van der Waals surface area contributed by atoms with E-state index in [0.29, 0.717) is 5.25 Å². The van der Waals surface area contributed by atoms with Crippen LogP contribution in [-0.2, 0) is 0 Å². The van der Waals surface area contributed by atoms with Crippen LogP contribution in [0.1, 0.15) is 32.1 Å². The maximum Gasteiger partial charge on any atom is 0.0667 e. The van der Waals surface area contributed by atoms with Crippen molar-refractivity contribution in [2.24, 2.45) is 5.92 Å².